The third-order valence-corrected chi connectivity index (χ3v) is 8.50. The normalized spacial score (nSPS) is 21.7. The zero-order chi connectivity index (χ0) is 20.8. The fraction of sp³-hybridized carbons (Fsp3) is 0.591. The predicted octanol–water partition coefficient (Wildman–Crippen LogP) is 3.29. The second-order valence-electron chi connectivity index (χ2n) is 9.65. The van der Waals surface area contributed by atoms with Crippen LogP contribution >= 0.6 is 0 Å². The van der Waals surface area contributed by atoms with Gasteiger partial charge in [0.15, 0.2) is 0 Å². The van der Waals surface area contributed by atoms with Crippen LogP contribution in [-0.2, 0) is 10.0 Å². The van der Waals surface area contributed by atoms with Gasteiger partial charge in [-0.3, -0.25) is 0 Å². The molecule has 4 rings (SSSR count). The van der Waals surface area contributed by atoms with Gasteiger partial charge >= 0.3 is 0 Å². The number of sulfonamides is 1. The average Bonchev–Trinajstić information content (AvgIpc) is 3.23. The maximum absolute atomic E-state index is 12.7. The van der Waals surface area contributed by atoms with Crippen LogP contribution in [0, 0.1) is 11.3 Å². The van der Waals surface area contributed by atoms with Gasteiger partial charge in [0, 0.05) is 18.7 Å². The van der Waals surface area contributed by atoms with Gasteiger partial charge in [0.2, 0.25) is 10.0 Å². The van der Waals surface area contributed by atoms with E-state index in [9.17, 15) is 13.5 Å². The van der Waals surface area contributed by atoms with E-state index in [0.29, 0.717) is 32.4 Å². The molecule has 0 amide bonds. The SMILES string of the molecule is CC(C)(C)CS(=O)(=O)N1CCC(C(O)CC2c3ccccc3-c3cncn32)CC1. The lowest BCUT2D eigenvalue weighted by Gasteiger charge is -2.35. The van der Waals surface area contributed by atoms with Gasteiger partial charge in [0.25, 0.3) is 0 Å². The summed E-state index contributed by atoms with van der Waals surface area (Å²) in [5.41, 5.74) is 3.26. The zero-order valence-corrected chi connectivity index (χ0v) is 18.3. The molecule has 0 radical (unpaired) electrons. The van der Waals surface area contributed by atoms with E-state index < -0.39 is 16.1 Å². The molecule has 2 aliphatic heterocycles. The van der Waals surface area contributed by atoms with Crippen molar-refractivity contribution < 1.29 is 13.5 Å². The summed E-state index contributed by atoms with van der Waals surface area (Å²) in [6.45, 7) is 6.84. The van der Waals surface area contributed by atoms with E-state index in [2.05, 4.69) is 21.7 Å². The highest BCUT2D eigenvalue weighted by atomic mass is 32.2. The maximum atomic E-state index is 12.7. The molecule has 6 nitrogen and oxygen atoms in total. The quantitative estimate of drug-likeness (QED) is 0.810. The summed E-state index contributed by atoms with van der Waals surface area (Å²) in [7, 11) is -3.25. The molecule has 3 heterocycles. The fourth-order valence-corrected chi connectivity index (χ4v) is 6.82. The van der Waals surface area contributed by atoms with Crippen molar-refractivity contribution in [2.75, 3.05) is 18.8 Å². The molecule has 2 unspecified atom stereocenters. The van der Waals surface area contributed by atoms with Crippen LogP contribution in [0.25, 0.3) is 11.3 Å². The summed E-state index contributed by atoms with van der Waals surface area (Å²) >= 11 is 0. The Kier molecular flexibility index (Phi) is 5.34. The Morgan fingerprint density at radius 1 is 1.21 bits per heavy atom. The monoisotopic (exact) mass is 417 g/mol. The van der Waals surface area contributed by atoms with E-state index in [1.54, 1.807) is 4.31 Å². The lowest BCUT2D eigenvalue weighted by atomic mass is 9.87. The fourth-order valence-electron chi connectivity index (χ4n) is 4.77. The summed E-state index contributed by atoms with van der Waals surface area (Å²) in [6, 6.07) is 8.38. The molecule has 1 aromatic heterocycles. The van der Waals surface area contributed by atoms with Gasteiger partial charge < -0.3 is 9.67 Å². The number of piperidine rings is 1. The van der Waals surface area contributed by atoms with Gasteiger partial charge in [-0.2, -0.15) is 0 Å². The van der Waals surface area contributed by atoms with Crippen molar-refractivity contribution in [1.29, 1.82) is 0 Å². The maximum Gasteiger partial charge on any atom is 0.214 e. The van der Waals surface area contributed by atoms with Crippen molar-refractivity contribution in [3.05, 3.63) is 42.4 Å². The molecule has 2 atom stereocenters. The molecule has 1 fully saturated rings. The minimum atomic E-state index is -3.25. The lowest BCUT2D eigenvalue weighted by Crippen LogP contribution is -2.44. The van der Waals surface area contributed by atoms with Crippen molar-refractivity contribution in [3.63, 3.8) is 0 Å². The average molecular weight is 418 g/mol. The molecular weight excluding hydrogens is 386 g/mol. The highest BCUT2D eigenvalue weighted by molar-refractivity contribution is 7.89. The first-order valence-electron chi connectivity index (χ1n) is 10.4. The Morgan fingerprint density at radius 3 is 2.59 bits per heavy atom. The number of aliphatic hydroxyl groups excluding tert-OH is 1. The van der Waals surface area contributed by atoms with Crippen LogP contribution in [0.15, 0.2) is 36.8 Å². The summed E-state index contributed by atoms with van der Waals surface area (Å²) < 4.78 is 29.1. The minimum Gasteiger partial charge on any atom is -0.393 e. The van der Waals surface area contributed by atoms with Gasteiger partial charge in [-0.05, 0) is 36.2 Å². The topological polar surface area (TPSA) is 75.4 Å². The Labute approximate surface area is 173 Å². The summed E-state index contributed by atoms with van der Waals surface area (Å²) in [5, 5.41) is 11.0. The van der Waals surface area contributed by atoms with E-state index >= 15 is 0 Å². The number of aromatic nitrogens is 2. The Balaban J connectivity index is 1.41. The van der Waals surface area contributed by atoms with E-state index in [-0.39, 0.29) is 23.1 Å². The summed E-state index contributed by atoms with van der Waals surface area (Å²) in [6.07, 6.45) is 5.29. The van der Waals surface area contributed by atoms with Crippen LogP contribution in [0.1, 0.15) is 51.6 Å². The number of rotatable bonds is 5. The minimum absolute atomic E-state index is 0.0846. The first kappa shape index (κ1) is 20.6. The molecule has 2 aliphatic rings. The summed E-state index contributed by atoms with van der Waals surface area (Å²) in [4.78, 5) is 4.29. The smallest absolute Gasteiger partial charge is 0.214 e. The van der Waals surface area contributed by atoms with Crippen LogP contribution < -0.4 is 0 Å². The van der Waals surface area contributed by atoms with Gasteiger partial charge in [-0.15, -0.1) is 0 Å². The zero-order valence-electron chi connectivity index (χ0n) is 17.5. The van der Waals surface area contributed by atoms with Crippen molar-refractivity contribution in [2.24, 2.45) is 11.3 Å². The van der Waals surface area contributed by atoms with E-state index in [1.807, 2.05) is 45.4 Å². The number of hydrogen-bond donors (Lipinski definition) is 1. The molecule has 0 aliphatic carbocycles. The molecule has 0 bridgehead atoms. The molecule has 1 saturated heterocycles. The molecule has 7 heteroatoms. The third kappa shape index (κ3) is 4.13. The molecule has 1 aromatic carbocycles. The number of aliphatic hydroxyl groups is 1. The Morgan fingerprint density at radius 2 is 1.90 bits per heavy atom. The van der Waals surface area contributed by atoms with Crippen molar-refractivity contribution in [1.82, 2.24) is 13.9 Å². The van der Waals surface area contributed by atoms with Crippen LogP contribution in [-0.4, -0.2) is 52.3 Å². The molecule has 2 aromatic rings. The Hall–Kier alpha value is -1.70. The largest absolute Gasteiger partial charge is 0.393 e. The molecule has 158 valence electrons. The highest BCUT2D eigenvalue weighted by Gasteiger charge is 2.36. The van der Waals surface area contributed by atoms with Crippen molar-refractivity contribution in [2.45, 2.75) is 52.2 Å². The number of imidazole rings is 1. The molecule has 0 saturated carbocycles. The number of benzene rings is 1. The Bertz CT molecular complexity index is 969. The second-order valence-corrected chi connectivity index (χ2v) is 11.6. The molecule has 0 spiro atoms. The number of fused-ring (bicyclic) bond motifs is 3. The number of nitrogens with zero attached hydrogens (tertiary/aromatic N) is 3. The standard InChI is InChI=1S/C22H31N3O3S/c1-22(2,3)14-29(27,28)24-10-8-16(9-11-24)21(26)12-19-17-6-4-5-7-18(17)20-13-23-15-25(19)20/h4-7,13,15-16,19,21,26H,8-12,14H2,1-3H3. The first-order chi connectivity index (χ1) is 13.7. The lowest BCUT2D eigenvalue weighted by molar-refractivity contribution is 0.0613. The second kappa shape index (κ2) is 7.52. The highest BCUT2D eigenvalue weighted by Crippen LogP contribution is 2.42. The van der Waals surface area contributed by atoms with E-state index in [1.165, 1.54) is 11.1 Å². The van der Waals surface area contributed by atoms with Gasteiger partial charge in [0.1, 0.15) is 0 Å². The number of hydrogen-bond acceptors (Lipinski definition) is 4. The summed E-state index contributed by atoms with van der Waals surface area (Å²) in [5.74, 6) is 0.283. The van der Waals surface area contributed by atoms with Gasteiger partial charge in [0.05, 0.1) is 36.1 Å². The third-order valence-electron chi connectivity index (χ3n) is 6.11. The van der Waals surface area contributed by atoms with Crippen molar-refractivity contribution in [3.8, 4) is 11.3 Å². The predicted molar refractivity (Wildman–Crippen MR) is 114 cm³/mol. The van der Waals surface area contributed by atoms with E-state index in [0.717, 1.165) is 5.69 Å². The van der Waals surface area contributed by atoms with Crippen LogP contribution in [0.3, 0.4) is 0 Å². The molecule has 1 N–H and O–H groups in total. The van der Waals surface area contributed by atoms with Crippen LogP contribution in [0.5, 0.6) is 0 Å². The first-order valence-corrected chi connectivity index (χ1v) is 12.0. The van der Waals surface area contributed by atoms with Crippen LogP contribution in [0.2, 0.25) is 0 Å². The van der Waals surface area contributed by atoms with E-state index in [4.69, 9.17) is 0 Å². The van der Waals surface area contributed by atoms with Gasteiger partial charge in [-0.25, -0.2) is 17.7 Å². The molecule has 29 heavy (non-hydrogen) atoms. The van der Waals surface area contributed by atoms with Gasteiger partial charge in [-0.1, -0.05) is 45.0 Å². The van der Waals surface area contributed by atoms with Crippen LogP contribution in [0.4, 0.5) is 0 Å². The van der Waals surface area contributed by atoms with Crippen molar-refractivity contribution >= 4 is 10.0 Å². The molecular formula is C22H31N3O3S.